The number of rotatable bonds is 9. The van der Waals surface area contributed by atoms with Crippen molar-refractivity contribution in [3.63, 3.8) is 0 Å². The van der Waals surface area contributed by atoms with Crippen molar-refractivity contribution in [1.29, 1.82) is 0 Å². The van der Waals surface area contributed by atoms with E-state index in [1.54, 1.807) is 14.2 Å². The molecule has 1 rings (SSSR count). The van der Waals surface area contributed by atoms with Gasteiger partial charge in [0.2, 0.25) is 0 Å². The van der Waals surface area contributed by atoms with E-state index in [0.717, 1.165) is 28.6 Å². The second kappa shape index (κ2) is 9.31. The van der Waals surface area contributed by atoms with Crippen LogP contribution in [-0.4, -0.2) is 40.1 Å². The Hall–Kier alpha value is -0.620. The summed E-state index contributed by atoms with van der Waals surface area (Å²) in [7, 11) is 3.33. The molecule has 0 saturated carbocycles. The summed E-state index contributed by atoms with van der Waals surface area (Å²) in [6.45, 7) is 1.89. The van der Waals surface area contributed by atoms with Gasteiger partial charge < -0.3 is 19.9 Å². The summed E-state index contributed by atoms with van der Waals surface area (Å²) >= 11 is 3.46. The van der Waals surface area contributed by atoms with Crippen LogP contribution in [0.1, 0.15) is 12.0 Å². The Morgan fingerprint density at radius 3 is 2.68 bits per heavy atom. The van der Waals surface area contributed by atoms with Crippen molar-refractivity contribution < 1.29 is 14.2 Å². The van der Waals surface area contributed by atoms with Crippen LogP contribution in [0.25, 0.3) is 0 Å². The minimum atomic E-state index is 0.0609. The van der Waals surface area contributed by atoms with Crippen LogP contribution in [0, 0.1) is 0 Å². The predicted molar refractivity (Wildman–Crippen MR) is 79.7 cm³/mol. The first-order valence-corrected chi connectivity index (χ1v) is 7.11. The van der Waals surface area contributed by atoms with Gasteiger partial charge in [-0.3, -0.25) is 0 Å². The maximum absolute atomic E-state index is 6.11. The van der Waals surface area contributed by atoms with Gasteiger partial charge in [-0.25, -0.2) is 0 Å². The van der Waals surface area contributed by atoms with Crippen LogP contribution in [0.15, 0.2) is 22.7 Å². The zero-order chi connectivity index (χ0) is 14.1. The van der Waals surface area contributed by atoms with Crippen LogP contribution in [0.3, 0.4) is 0 Å². The molecular weight excluding hydrogens is 310 g/mol. The third-order valence-corrected chi connectivity index (χ3v) is 3.28. The molecule has 0 bridgehead atoms. The van der Waals surface area contributed by atoms with Gasteiger partial charge in [0.25, 0.3) is 0 Å². The van der Waals surface area contributed by atoms with Crippen molar-refractivity contribution >= 4 is 15.9 Å². The quantitative estimate of drug-likeness (QED) is 0.706. The molecule has 1 atom stereocenters. The molecule has 0 saturated heterocycles. The van der Waals surface area contributed by atoms with Gasteiger partial charge in [0.1, 0.15) is 5.75 Å². The van der Waals surface area contributed by atoms with Crippen molar-refractivity contribution in [3.05, 3.63) is 28.2 Å². The van der Waals surface area contributed by atoms with Crippen molar-refractivity contribution in [2.24, 2.45) is 5.73 Å². The molecule has 0 amide bonds. The van der Waals surface area contributed by atoms with E-state index in [0.29, 0.717) is 19.8 Å². The van der Waals surface area contributed by atoms with E-state index in [1.165, 1.54) is 0 Å². The Bertz CT molecular complexity index is 374. The minimum Gasteiger partial charge on any atom is -0.496 e. The number of ether oxygens (including phenoxy) is 3. The molecule has 1 unspecified atom stereocenters. The van der Waals surface area contributed by atoms with Gasteiger partial charge in [0.15, 0.2) is 0 Å². The molecule has 0 fully saturated rings. The number of methoxy groups -OCH3 is 2. The van der Waals surface area contributed by atoms with Crippen LogP contribution >= 0.6 is 15.9 Å². The standard InChI is InChI=1S/C14H22BrNO3/c1-17-7-8-19-6-5-13(16)10-11-9-12(15)3-4-14(11)18-2/h3-4,9,13H,5-8,10,16H2,1-2H3. The molecule has 0 aromatic heterocycles. The van der Waals surface area contributed by atoms with Crippen molar-refractivity contribution in [2.45, 2.75) is 18.9 Å². The summed E-state index contributed by atoms with van der Waals surface area (Å²) in [5.41, 5.74) is 7.22. The summed E-state index contributed by atoms with van der Waals surface area (Å²) in [5.74, 6) is 0.874. The number of benzene rings is 1. The Labute approximate surface area is 123 Å². The van der Waals surface area contributed by atoms with Crippen LogP contribution in [0.4, 0.5) is 0 Å². The van der Waals surface area contributed by atoms with Crippen LogP contribution in [-0.2, 0) is 15.9 Å². The maximum atomic E-state index is 6.11. The van der Waals surface area contributed by atoms with Gasteiger partial charge in [-0.05, 0) is 36.6 Å². The van der Waals surface area contributed by atoms with Crippen molar-refractivity contribution in [2.75, 3.05) is 34.0 Å². The molecule has 1 aromatic carbocycles. The van der Waals surface area contributed by atoms with Crippen LogP contribution in [0.2, 0.25) is 0 Å². The summed E-state index contributed by atoms with van der Waals surface area (Å²) in [5, 5.41) is 0. The third-order valence-electron chi connectivity index (χ3n) is 2.79. The monoisotopic (exact) mass is 331 g/mol. The molecule has 0 spiro atoms. The second-order valence-corrected chi connectivity index (χ2v) is 5.23. The molecule has 108 valence electrons. The normalized spacial score (nSPS) is 12.4. The maximum Gasteiger partial charge on any atom is 0.122 e. The average Bonchev–Trinajstić information content (AvgIpc) is 2.39. The fourth-order valence-electron chi connectivity index (χ4n) is 1.77. The molecular formula is C14H22BrNO3. The highest BCUT2D eigenvalue weighted by atomic mass is 79.9. The lowest BCUT2D eigenvalue weighted by molar-refractivity contribution is 0.0672. The fraction of sp³-hybridized carbons (Fsp3) is 0.571. The van der Waals surface area contributed by atoms with E-state index in [-0.39, 0.29) is 6.04 Å². The van der Waals surface area contributed by atoms with E-state index >= 15 is 0 Å². The van der Waals surface area contributed by atoms with E-state index in [2.05, 4.69) is 15.9 Å². The van der Waals surface area contributed by atoms with E-state index in [4.69, 9.17) is 19.9 Å². The Morgan fingerprint density at radius 2 is 2.00 bits per heavy atom. The molecule has 4 nitrogen and oxygen atoms in total. The van der Waals surface area contributed by atoms with Crippen LogP contribution < -0.4 is 10.5 Å². The van der Waals surface area contributed by atoms with Crippen LogP contribution in [0.5, 0.6) is 5.75 Å². The number of hydrogen-bond acceptors (Lipinski definition) is 4. The summed E-state index contributed by atoms with van der Waals surface area (Å²) in [4.78, 5) is 0. The lowest BCUT2D eigenvalue weighted by atomic mass is 10.0. The topological polar surface area (TPSA) is 53.7 Å². The molecule has 0 radical (unpaired) electrons. The highest BCUT2D eigenvalue weighted by Crippen LogP contribution is 2.24. The average molecular weight is 332 g/mol. The van der Waals surface area contributed by atoms with E-state index in [9.17, 15) is 0 Å². The highest BCUT2D eigenvalue weighted by Gasteiger charge is 2.09. The number of nitrogens with two attached hydrogens (primary N) is 1. The number of hydrogen-bond donors (Lipinski definition) is 1. The van der Waals surface area contributed by atoms with Crippen molar-refractivity contribution in [3.8, 4) is 5.75 Å². The Morgan fingerprint density at radius 1 is 1.21 bits per heavy atom. The van der Waals surface area contributed by atoms with Gasteiger partial charge in [-0.1, -0.05) is 15.9 Å². The lowest BCUT2D eigenvalue weighted by Crippen LogP contribution is -2.25. The summed E-state index contributed by atoms with van der Waals surface area (Å²) in [6, 6.07) is 6.01. The summed E-state index contributed by atoms with van der Waals surface area (Å²) < 4.78 is 16.7. The molecule has 0 aliphatic rings. The van der Waals surface area contributed by atoms with Gasteiger partial charge in [0, 0.05) is 24.2 Å². The smallest absolute Gasteiger partial charge is 0.122 e. The molecule has 1 aromatic rings. The van der Waals surface area contributed by atoms with Gasteiger partial charge in [-0.15, -0.1) is 0 Å². The molecule has 5 heteroatoms. The van der Waals surface area contributed by atoms with Gasteiger partial charge in [0.05, 0.1) is 20.3 Å². The Balaban J connectivity index is 2.39. The lowest BCUT2D eigenvalue weighted by Gasteiger charge is -2.14. The minimum absolute atomic E-state index is 0.0609. The fourth-order valence-corrected chi connectivity index (χ4v) is 2.18. The van der Waals surface area contributed by atoms with Gasteiger partial charge >= 0.3 is 0 Å². The summed E-state index contributed by atoms with van der Waals surface area (Å²) in [6.07, 6.45) is 1.59. The first-order chi connectivity index (χ1) is 9.17. The molecule has 0 heterocycles. The third kappa shape index (κ3) is 6.38. The molecule has 19 heavy (non-hydrogen) atoms. The first kappa shape index (κ1) is 16.4. The Kier molecular flexibility index (Phi) is 8.05. The SMILES string of the molecule is COCCOCCC(N)Cc1cc(Br)ccc1OC. The number of halogens is 1. The zero-order valence-electron chi connectivity index (χ0n) is 11.5. The predicted octanol–water partition coefficient (Wildman–Crippen LogP) is 2.38. The molecule has 0 aliphatic carbocycles. The highest BCUT2D eigenvalue weighted by molar-refractivity contribution is 9.10. The van der Waals surface area contributed by atoms with E-state index < -0.39 is 0 Å². The molecule has 0 aliphatic heterocycles. The second-order valence-electron chi connectivity index (χ2n) is 4.31. The first-order valence-electron chi connectivity index (χ1n) is 6.32. The largest absolute Gasteiger partial charge is 0.496 e. The zero-order valence-corrected chi connectivity index (χ0v) is 13.1. The van der Waals surface area contributed by atoms with E-state index in [1.807, 2.05) is 18.2 Å². The van der Waals surface area contributed by atoms with Gasteiger partial charge in [-0.2, -0.15) is 0 Å². The molecule has 2 N–H and O–H groups in total. The van der Waals surface area contributed by atoms with Crippen molar-refractivity contribution in [1.82, 2.24) is 0 Å².